The first-order valence-corrected chi connectivity index (χ1v) is 10.9. The molecule has 0 aliphatic carbocycles. The lowest BCUT2D eigenvalue weighted by atomic mass is 10.1. The van der Waals surface area contributed by atoms with Crippen molar-refractivity contribution in [3.8, 4) is 22.5 Å². The van der Waals surface area contributed by atoms with Gasteiger partial charge < -0.3 is 14.4 Å². The van der Waals surface area contributed by atoms with E-state index in [1.165, 1.54) is 17.8 Å². The first kappa shape index (κ1) is 20.9. The maximum atomic E-state index is 13.5. The van der Waals surface area contributed by atoms with Crippen molar-refractivity contribution < 1.29 is 9.18 Å². The molecule has 166 valence electrons. The summed E-state index contributed by atoms with van der Waals surface area (Å²) in [6, 6.07) is 18.4. The van der Waals surface area contributed by atoms with Gasteiger partial charge in [0.1, 0.15) is 11.5 Å². The highest BCUT2D eigenvalue weighted by atomic mass is 19.1. The number of hydrogen-bond donors (Lipinski definition) is 0. The average Bonchev–Trinajstić information content (AvgIpc) is 3.26. The van der Waals surface area contributed by atoms with Crippen molar-refractivity contribution in [1.82, 2.24) is 19.4 Å². The van der Waals surface area contributed by atoms with Gasteiger partial charge in [0.05, 0.1) is 0 Å². The van der Waals surface area contributed by atoms with Crippen LogP contribution in [0.5, 0.6) is 0 Å². The van der Waals surface area contributed by atoms with Crippen LogP contribution in [0.15, 0.2) is 79.3 Å². The molecule has 0 N–H and O–H groups in total. The van der Waals surface area contributed by atoms with Crippen LogP contribution < -0.4 is 4.90 Å². The summed E-state index contributed by atoms with van der Waals surface area (Å²) in [5.41, 5.74) is 4.12. The van der Waals surface area contributed by atoms with Crippen molar-refractivity contribution in [1.29, 1.82) is 0 Å². The number of hydrogen-bond acceptors (Lipinski definition) is 4. The van der Waals surface area contributed by atoms with Crippen molar-refractivity contribution in [3.05, 3.63) is 90.8 Å². The Kier molecular flexibility index (Phi) is 5.60. The van der Waals surface area contributed by atoms with Crippen molar-refractivity contribution in [2.24, 2.45) is 7.05 Å². The number of carbonyl (C=O) groups is 1. The summed E-state index contributed by atoms with van der Waals surface area (Å²) in [7, 11) is 1.87. The van der Waals surface area contributed by atoms with E-state index >= 15 is 0 Å². The van der Waals surface area contributed by atoms with E-state index in [9.17, 15) is 9.18 Å². The molecule has 3 heterocycles. The number of para-hydroxylation sites is 1. The minimum Gasteiger partial charge on any atom is -0.368 e. The molecule has 5 rings (SSSR count). The standard InChI is InChI=1S/C26H24FN5O/c1-30-18-20(21-16-28-25(29-17-21)19-6-5-7-22(27)14-19)15-24(30)26(33)32-12-10-31(11-13-32)23-8-3-2-4-9-23/h2-9,14-18H,10-13H2,1H3. The molecule has 1 saturated heterocycles. The van der Waals surface area contributed by atoms with Gasteiger partial charge in [-0.15, -0.1) is 0 Å². The number of amides is 1. The molecule has 0 spiro atoms. The Balaban J connectivity index is 1.29. The highest BCUT2D eigenvalue weighted by molar-refractivity contribution is 5.94. The first-order chi connectivity index (χ1) is 16.1. The van der Waals surface area contributed by atoms with Crippen LogP contribution in [-0.2, 0) is 7.05 Å². The molecule has 0 atom stereocenters. The predicted octanol–water partition coefficient (Wildman–Crippen LogP) is 4.25. The lowest BCUT2D eigenvalue weighted by molar-refractivity contribution is 0.0737. The lowest BCUT2D eigenvalue weighted by Gasteiger charge is -2.36. The van der Waals surface area contributed by atoms with Crippen LogP contribution in [0.25, 0.3) is 22.5 Å². The molecule has 1 aliphatic heterocycles. The van der Waals surface area contributed by atoms with E-state index in [2.05, 4.69) is 27.0 Å². The van der Waals surface area contributed by atoms with Crippen molar-refractivity contribution in [2.45, 2.75) is 0 Å². The second-order valence-electron chi connectivity index (χ2n) is 8.15. The monoisotopic (exact) mass is 441 g/mol. The third kappa shape index (κ3) is 4.35. The van der Waals surface area contributed by atoms with Gasteiger partial charge in [-0.05, 0) is 30.3 Å². The SMILES string of the molecule is Cn1cc(-c2cnc(-c3cccc(F)c3)nc2)cc1C(=O)N1CCN(c2ccccc2)CC1. The summed E-state index contributed by atoms with van der Waals surface area (Å²) in [5.74, 6) is 0.159. The fourth-order valence-electron chi connectivity index (χ4n) is 4.16. The second kappa shape index (κ2) is 8.86. The van der Waals surface area contributed by atoms with Gasteiger partial charge in [-0.1, -0.05) is 30.3 Å². The van der Waals surface area contributed by atoms with Crippen molar-refractivity contribution in [3.63, 3.8) is 0 Å². The van der Waals surface area contributed by atoms with Gasteiger partial charge in [0.2, 0.25) is 0 Å². The first-order valence-electron chi connectivity index (χ1n) is 10.9. The number of piperazine rings is 1. The Morgan fingerprint density at radius 3 is 2.27 bits per heavy atom. The topological polar surface area (TPSA) is 54.3 Å². The average molecular weight is 442 g/mol. The van der Waals surface area contributed by atoms with Gasteiger partial charge in [-0.2, -0.15) is 0 Å². The molecule has 6 nitrogen and oxygen atoms in total. The number of carbonyl (C=O) groups excluding carboxylic acids is 1. The smallest absolute Gasteiger partial charge is 0.270 e. The number of nitrogens with zero attached hydrogens (tertiary/aromatic N) is 5. The molecule has 1 aliphatic rings. The number of anilines is 1. The molecular weight excluding hydrogens is 417 g/mol. The summed E-state index contributed by atoms with van der Waals surface area (Å²) < 4.78 is 15.3. The van der Waals surface area contributed by atoms with Crippen LogP contribution in [0, 0.1) is 5.82 Å². The van der Waals surface area contributed by atoms with Crippen LogP contribution in [0.3, 0.4) is 0 Å². The normalized spacial score (nSPS) is 13.9. The highest BCUT2D eigenvalue weighted by Gasteiger charge is 2.24. The number of aryl methyl sites for hydroxylation is 1. The summed E-state index contributed by atoms with van der Waals surface area (Å²) in [4.78, 5) is 26.2. The maximum Gasteiger partial charge on any atom is 0.270 e. The molecule has 33 heavy (non-hydrogen) atoms. The second-order valence-corrected chi connectivity index (χ2v) is 8.15. The van der Waals surface area contributed by atoms with Gasteiger partial charge in [0.15, 0.2) is 5.82 Å². The van der Waals surface area contributed by atoms with Gasteiger partial charge in [0, 0.05) is 74.2 Å². The number of benzene rings is 2. The molecule has 0 saturated carbocycles. The third-order valence-electron chi connectivity index (χ3n) is 5.98. The Labute approximate surface area is 191 Å². The van der Waals surface area contributed by atoms with E-state index < -0.39 is 0 Å². The Hall–Kier alpha value is -4.00. The molecule has 2 aromatic heterocycles. The largest absolute Gasteiger partial charge is 0.368 e. The molecule has 4 aromatic rings. The van der Waals surface area contributed by atoms with Crippen LogP contribution in [0.1, 0.15) is 10.5 Å². The lowest BCUT2D eigenvalue weighted by Crippen LogP contribution is -2.49. The van der Waals surface area contributed by atoms with E-state index in [1.807, 2.05) is 47.0 Å². The van der Waals surface area contributed by atoms with Crippen LogP contribution >= 0.6 is 0 Å². The summed E-state index contributed by atoms with van der Waals surface area (Å²) in [6.07, 6.45) is 5.32. The molecule has 0 radical (unpaired) electrons. The predicted molar refractivity (Wildman–Crippen MR) is 126 cm³/mol. The molecule has 7 heteroatoms. The molecule has 2 aromatic carbocycles. The zero-order valence-electron chi connectivity index (χ0n) is 18.4. The van der Waals surface area contributed by atoms with E-state index in [1.54, 1.807) is 24.5 Å². The van der Waals surface area contributed by atoms with E-state index in [0.717, 1.165) is 24.2 Å². The zero-order chi connectivity index (χ0) is 22.8. The Morgan fingerprint density at radius 1 is 0.848 bits per heavy atom. The Morgan fingerprint density at radius 2 is 1.58 bits per heavy atom. The van der Waals surface area contributed by atoms with Crippen LogP contribution in [-0.4, -0.2) is 51.5 Å². The van der Waals surface area contributed by atoms with Crippen LogP contribution in [0.4, 0.5) is 10.1 Å². The zero-order valence-corrected chi connectivity index (χ0v) is 18.4. The number of halogens is 1. The minimum atomic E-state index is -0.323. The number of rotatable bonds is 4. The summed E-state index contributed by atoms with van der Waals surface area (Å²) in [6.45, 7) is 2.98. The fourth-order valence-corrected chi connectivity index (χ4v) is 4.16. The van der Waals surface area contributed by atoms with Gasteiger partial charge in [-0.3, -0.25) is 4.79 Å². The minimum absolute atomic E-state index is 0.0220. The molecule has 1 fully saturated rings. The van der Waals surface area contributed by atoms with Gasteiger partial charge in [0.25, 0.3) is 5.91 Å². The maximum absolute atomic E-state index is 13.5. The van der Waals surface area contributed by atoms with E-state index in [-0.39, 0.29) is 11.7 Å². The quantitative estimate of drug-likeness (QED) is 0.475. The fraction of sp³-hybridized carbons (Fsp3) is 0.192. The van der Waals surface area contributed by atoms with Crippen molar-refractivity contribution >= 4 is 11.6 Å². The van der Waals surface area contributed by atoms with Crippen LogP contribution in [0.2, 0.25) is 0 Å². The van der Waals surface area contributed by atoms with E-state index in [4.69, 9.17) is 0 Å². The molecule has 1 amide bonds. The third-order valence-corrected chi connectivity index (χ3v) is 5.98. The van der Waals surface area contributed by atoms with Crippen molar-refractivity contribution in [2.75, 3.05) is 31.1 Å². The molecule has 0 unspecified atom stereocenters. The summed E-state index contributed by atoms with van der Waals surface area (Å²) in [5, 5.41) is 0. The number of aromatic nitrogens is 3. The summed E-state index contributed by atoms with van der Waals surface area (Å²) >= 11 is 0. The molecular formula is C26H24FN5O. The van der Waals surface area contributed by atoms with E-state index in [0.29, 0.717) is 30.2 Å². The highest BCUT2D eigenvalue weighted by Crippen LogP contribution is 2.24. The Bertz CT molecular complexity index is 1260. The van der Waals surface area contributed by atoms with Gasteiger partial charge in [-0.25, -0.2) is 14.4 Å². The molecule has 0 bridgehead atoms. The van der Waals surface area contributed by atoms with Gasteiger partial charge >= 0.3 is 0 Å².